The number of non-ortho nitro benzene ring substituents is 1. The summed E-state index contributed by atoms with van der Waals surface area (Å²) in [5.41, 5.74) is 20.4. The van der Waals surface area contributed by atoms with Crippen molar-refractivity contribution < 1.29 is 19.4 Å². The molecule has 0 atom stereocenters. The second-order valence-electron chi connectivity index (χ2n) is 5.50. The van der Waals surface area contributed by atoms with Crippen molar-refractivity contribution in [2.24, 2.45) is 15.3 Å². The first-order valence-corrected chi connectivity index (χ1v) is 7.46. The van der Waals surface area contributed by atoms with Gasteiger partial charge in [-0.3, -0.25) is 24.9 Å². The summed E-state index contributed by atoms with van der Waals surface area (Å²) in [5.74, 6) is 0. The molecule has 0 amide bonds. The van der Waals surface area contributed by atoms with Crippen molar-refractivity contribution >= 4 is 28.1 Å². The number of nitro groups is 2. The number of aromatic nitrogens is 2. The zero-order chi connectivity index (χ0) is 22.3. The largest absolute Gasteiger partial charge is 0.370 e. The first kappa shape index (κ1) is 21.3. The van der Waals surface area contributed by atoms with Crippen LogP contribution in [0.5, 0.6) is 0 Å². The highest BCUT2D eigenvalue weighted by molar-refractivity contribution is 5.97. The highest BCUT2D eigenvalue weighted by atomic mass is 16.8. The molecule has 20 heteroatoms. The smallest absolute Gasteiger partial charge is 0.334 e. The maximum atomic E-state index is 12.0. The fourth-order valence-electron chi connectivity index (χ4n) is 2.46. The van der Waals surface area contributed by atoms with Crippen molar-refractivity contribution in [3.05, 3.63) is 62.8 Å². The molecule has 0 bridgehead atoms. The molecule has 2 aromatic rings. The Hall–Kier alpha value is -5.05. The molecule has 1 heterocycles. The van der Waals surface area contributed by atoms with Crippen molar-refractivity contribution in [3.63, 3.8) is 0 Å². The van der Waals surface area contributed by atoms with E-state index in [1.165, 1.54) is 0 Å². The van der Waals surface area contributed by atoms with Gasteiger partial charge in [-0.15, -0.1) is 0 Å². The van der Waals surface area contributed by atoms with E-state index in [0.717, 1.165) is 0 Å². The third-order valence-corrected chi connectivity index (χ3v) is 3.72. The zero-order valence-electron chi connectivity index (χ0n) is 14.5. The molecule has 1 aromatic heterocycles. The van der Waals surface area contributed by atoms with Gasteiger partial charge in [-0.25, -0.2) is 0 Å². The standard InChI is InChI=1S/C10H8N14O6/c11-19-14-2-10(3-15-20-12,4-16-21-13)17-7-5(22(25)26)1-6(23(27)28)8-9(7)24(29)30-18-8/h1,17H,2-4H2. The van der Waals surface area contributed by atoms with Gasteiger partial charge in [0, 0.05) is 34.4 Å². The predicted octanol–water partition coefficient (Wildman–Crippen LogP) is 2.36. The summed E-state index contributed by atoms with van der Waals surface area (Å²) in [6, 6.07) is 0.534. The maximum absolute atomic E-state index is 12.0. The second-order valence-corrected chi connectivity index (χ2v) is 5.50. The Bertz CT molecular complexity index is 1100. The topological polar surface area (TPSA) is 298 Å². The van der Waals surface area contributed by atoms with Gasteiger partial charge in [0.05, 0.1) is 20.5 Å². The van der Waals surface area contributed by atoms with Crippen molar-refractivity contribution in [1.82, 2.24) is 5.16 Å². The van der Waals surface area contributed by atoms with Crippen molar-refractivity contribution in [2.75, 3.05) is 25.0 Å². The highest BCUT2D eigenvalue weighted by Crippen LogP contribution is 2.38. The molecule has 0 aliphatic carbocycles. The Balaban J connectivity index is 2.85. The summed E-state index contributed by atoms with van der Waals surface area (Å²) in [6.07, 6.45) is 0. The average Bonchev–Trinajstić information content (AvgIpc) is 3.10. The van der Waals surface area contributed by atoms with Crippen molar-refractivity contribution in [1.29, 1.82) is 0 Å². The molecule has 2 rings (SSSR count). The second kappa shape index (κ2) is 8.76. The van der Waals surface area contributed by atoms with E-state index in [4.69, 9.17) is 16.6 Å². The van der Waals surface area contributed by atoms with E-state index in [-0.39, 0.29) is 4.90 Å². The molecule has 0 saturated carbocycles. The van der Waals surface area contributed by atoms with Gasteiger partial charge in [-0.05, 0) is 21.5 Å². The van der Waals surface area contributed by atoms with Gasteiger partial charge in [-0.2, -0.15) is 0 Å². The Morgan fingerprint density at radius 3 is 2.00 bits per heavy atom. The number of rotatable bonds is 10. The minimum atomic E-state index is -1.73. The number of nitrogens with one attached hydrogen (secondary N) is 1. The third kappa shape index (κ3) is 4.10. The normalized spacial score (nSPS) is 12.0. The molecule has 0 aliphatic heterocycles. The molecular formula is C10H8N14O6. The average molecular weight is 420 g/mol. The maximum Gasteiger partial charge on any atom is 0.334 e. The lowest BCUT2D eigenvalue weighted by Gasteiger charge is -2.31. The Morgan fingerprint density at radius 1 is 1.07 bits per heavy atom. The van der Waals surface area contributed by atoms with Gasteiger partial charge in [0.1, 0.15) is 6.07 Å². The lowest BCUT2D eigenvalue weighted by atomic mass is 9.98. The molecule has 20 nitrogen and oxygen atoms in total. The van der Waals surface area contributed by atoms with Crippen LogP contribution in [0.1, 0.15) is 0 Å². The van der Waals surface area contributed by atoms with E-state index < -0.39 is 63.1 Å². The molecule has 0 aliphatic rings. The van der Waals surface area contributed by atoms with Crippen LogP contribution in [0.15, 0.2) is 26.0 Å². The number of azide groups is 3. The zero-order valence-corrected chi connectivity index (χ0v) is 14.5. The number of nitro benzene ring substituents is 2. The van der Waals surface area contributed by atoms with E-state index in [0.29, 0.717) is 6.07 Å². The van der Waals surface area contributed by atoms with Crippen LogP contribution in [0.25, 0.3) is 42.4 Å². The molecular weight excluding hydrogens is 412 g/mol. The van der Waals surface area contributed by atoms with Crippen LogP contribution in [0.3, 0.4) is 0 Å². The van der Waals surface area contributed by atoms with E-state index in [9.17, 15) is 25.4 Å². The minimum Gasteiger partial charge on any atom is -0.370 e. The van der Waals surface area contributed by atoms with Gasteiger partial charge in [0.25, 0.3) is 5.52 Å². The van der Waals surface area contributed by atoms with Gasteiger partial charge < -0.3 is 10.5 Å². The van der Waals surface area contributed by atoms with Crippen LogP contribution >= 0.6 is 0 Å². The molecule has 0 radical (unpaired) electrons. The fraction of sp³-hybridized carbons (Fsp3) is 0.400. The molecule has 1 N–H and O–H groups in total. The number of hydrogen-bond acceptors (Lipinski definition) is 11. The Kier molecular flexibility index (Phi) is 6.20. The van der Waals surface area contributed by atoms with E-state index in [2.05, 4.69) is 45.2 Å². The molecule has 0 spiro atoms. The van der Waals surface area contributed by atoms with Crippen LogP contribution in [0, 0.1) is 25.4 Å². The summed E-state index contributed by atoms with van der Waals surface area (Å²) < 4.78 is 4.34. The van der Waals surface area contributed by atoms with Crippen LogP contribution in [-0.4, -0.2) is 40.2 Å². The fourth-order valence-corrected chi connectivity index (χ4v) is 2.46. The first-order chi connectivity index (χ1) is 14.3. The van der Waals surface area contributed by atoms with Gasteiger partial charge >= 0.3 is 16.9 Å². The molecule has 0 unspecified atom stereocenters. The van der Waals surface area contributed by atoms with Gasteiger partial charge in [0.15, 0.2) is 5.69 Å². The summed E-state index contributed by atoms with van der Waals surface area (Å²) in [5, 5.41) is 50.5. The number of hydrogen-bond donors (Lipinski definition) is 1. The van der Waals surface area contributed by atoms with E-state index >= 15 is 0 Å². The Labute approximate surface area is 162 Å². The summed E-state index contributed by atoms with van der Waals surface area (Å²) in [4.78, 5) is 28.0. The minimum absolute atomic E-state index is 0.308. The number of benzene rings is 1. The number of anilines is 1. The predicted molar refractivity (Wildman–Crippen MR) is 94.7 cm³/mol. The van der Waals surface area contributed by atoms with Crippen LogP contribution in [0.4, 0.5) is 17.1 Å². The molecule has 1 aromatic carbocycles. The van der Waals surface area contributed by atoms with Crippen LogP contribution < -0.4 is 10.2 Å². The summed E-state index contributed by atoms with van der Waals surface area (Å²) >= 11 is 0. The monoisotopic (exact) mass is 420 g/mol. The van der Waals surface area contributed by atoms with Gasteiger partial charge in [-0.1, -0.05) is 15.3 Å². The summed E-state index contributed by atoms with van der Waals surface area (Å²) in [7, 11) is 0. The van der Waals surface area contributed by atoms with E-state index in [1.807, 2.05) is 0 Å². The van der Waals surface area contributed by atoms with Crippen molar-refractivity contribution in [3.8, 4) is 0 Å². The Morgan fingerprint density at radius 2 is 1.57 bits per heavy atom. The van der Waals surface area contributed by atoms with Crippen LogP contribution in [-0.2, 0) is 0 Å². The first-order valence-electron chi connectivity index (χ1n) is 7.46. The van der Waals surface area contributed by atoms with E-state index in [1.54, 1.807) is 0 Å². The molecule has 30 heavy (non-hydrogen) atoms. The quantitative estimate of drug-likeness (QED) is 0.148. The lowest BCUT2D eigenvalue weighted by molar-refractivity contribution is -0.782. The summed E-state index contributed by atoms with van der Waals surface area (Å²) in [6.45, 7) is -1.66. The molecule has 0 fully saturated rings. The van der Waals surface area contributed by atoms with Crippen LogP contribution in [0.2, 0.25) is 0 Å². The van der Waals surface area contributed by atoms with Crippen molar-refractivity contribution in [2.45, 2.75) is 5.54 Å². The number of fused-ring (bicyclic) bond motifs is 1. The molecule has 0 saturated heterocycles. The van der Waals surface area contributed by atoms with Gasteiger partial charge in [0.2, 0.25) is 0 Å². The lowest BCUT2D eigenvalue weighted by Crippen LogP contribution is -2.48. The third-order valence-electron chi connectivity index (χ3n) is 3.72. The number of nitrogens with zero attached hydrogens (tertiary/aromatic N) is 13. The SMILES string of the molecule is [N-]=[N+]=NCC(CN=[N+]=[N-])(CN=[N+]=[N-])Nc1c([N+](=O)[O-])cc([N+](=O)[O-])c2no[n+]([O-])c12. The highest BCUT2D eigenvalue weighted by Gasteiger charge is 2.38. The molecule has 154 valence electrons.